The fourth-order valence-electron chi connectivity index (χ4n) is 5.78. The number of amides is 2. The molecule has 0 aromatic heterocycles. The van der Waals surface area contributed by atoms with Gasteiger partial charge in [-0.2, -0.15) is 0 Å². The van der Waals surface area contributed by atoms with Gasteiger partial charge in [0.2, 0.25) is 5.91 Å². The molecule has 0 saturated carbocycles. The number of carbonyl (C=O) groups excluding carboxylic acids is 2. The first-order valence-electron chi connectivity index (χ1n) is 11.5. The van der Waals surface area contributed by atoms with Crippen molar-refractivity contribution in [2.75, 3.05) is 31.1 Å². The van der Waals surface area contributed by atoms with E-state index in [9.17, 15) is 9.59 Å². The highest BCUT2D eigenvalue weighted by molar-refractivity contribution is 6.01. The van der Waals surface area contributed by atoms with Crippen LogP contribution >= 0.6 is 0 Å². The lowest BCUT2D eigenvalue weighted by Gasteiger charge is -2.38. The first kappa shape index (κ1) is 19.6. The van der Waals surface area contributed by atoms with E-state index in [1.54, 1.807) is 4.90 Å². The van der Waals surface area contributed by atoms with Gasteiger partial charge >= 0.3 is 0 Å². The minimum Gasteiger partial charge on any atom is -0.372 e. The topological polar surface area (TPSA) is 64.7 Å². The molecule has 5 rings (SSSR count). The molecule has 3 saturated heterocycles. The zero-order valence-corrected chi connectivity index (χ0v) is 17.7. The van der Waals surface area contributed by atoms with Crippen LogP contribution in [0.2, 0.25) is 0 Å². The first-order valence-corrected chi connectivity index (χ1v) is 11.5. The molecule has 160 valence electrons. The summed E-state index contributed by atoms with van der Waals surface area (Å²) in [6.45, 7) is 8.90. The maximum absolute atomic E-state index is 12.9. The van der Waals surface area contributed by atoms with Crippen LogP contribution in [0.3, 0.4) is 0 Å². The summed E-state index contributed by atoms with van der Waals surface area (Å²) >= 11 is 0. The summed E-state index contributed by atoms with van der Waals surface area (Å²) in [5, 5.41) is 6.29. The van der Waals surface area contributed by atoms with E-state index in [1.807, 2.05) is 6.07 Å². The van der Waals surface area contributed by atoms with Gasteiger partial charge < -0.3 is 20.4 Å². The Kier molecular flexibility index (Phi) is 5.27. The molecule has 1 unspecified atom stereocenters. The molecule has 3 fully saturated rings. The van der Waals surface area contributed by atoms with Gasteiger partial charge in [0.15, 0.2) is 0 Å². The number of anilines is 1. The van der Waals surface area contributed by atoms with Crippen molar-refractivity contribution in [3.63, 3.8) is 0 Å². The standard InChI is InChI=1S/C24H32N4O2/c1-16-2-5-22(23(29)26-16)28-15-19-14-20(3-4-21(19)24(28)30)27-12-8-18(9-13-27)17-6-10-25-11-7-17/h3-4,14,17-18,22,25H,1-2,5-13,15H2,(H,26,29). The molecule has 6 heteroatoms. The molecule has 30 heavy (non-hydrogen) atoms. The quantitative estimate of drug-likeness (QED) is 0.807. The molecule has 0 aliphatic carbocycles. The Labute approximate surface area is 178 Å². The number of benzene rings is 1. The van der Waals surface area contributed by atoms with E-state index in [0.29, 0.717) is 13.0 Å². The number of hydrogen-bond donors (Lipinski definition) is 2. The zero-order valence-electron chi connectivity index (χ0n) is 17.7. The molecule has 2 N–H and O–H groups in total. The minimum atomic E-state index is -0.389. The van der Waals surface area contributed by atoms with Crippen molar-refractivity contribution in [2.24, 2.45) is 11.8 Å². The van der Waals surface area contributed by atoms with Gasteiger partial charge in [0, 0.05) is 36.6 Å². The van der Waals surface area contributed by atoms with Gasteiger partial charge in [-0.15, -0.1) is 0 Å². The maximum Gasteiger partial charge on any atom is 0.255 e. The SMILES string of the molecule is C=C1CCC(N2Cc3cc(N4CCC(C5CCNCC5)CC4)ccc3C2=O)C(=O)N1. The molecule has 6 nitrogen and oxygen atoms in total. The van der Waals surface area contributed by atoms with Gasteiger partial charge in [0.05, 0.1) is 0 Å². The minimum absolute atomic E-state index is 0.0196. The van der Waals surface area contributed by atoms with Crippen LogP contribution in [-0.2, 0) is 11.3 Å². The fraction of sp³-hybridized carbons (Fsp3) is 0.583. The van der Waals surface area contributed by atoms with E-state index >= 15 is 0 Å². The van der Waals surface area contributed by atoms with E-state index in [-0.39, 0.29) is 17.9 Å². The zero-order chi connectivity index (χ0) is 20.7. The smallest absolute Gasteiger partial charge is 0.255 e. The average molecular weight is 409 g/mol. The summed E-state index contributed by atoms with van der Waals surface area (Å²) < 4.78 is 0. The molecule has 0 spiro atoms. The van der Waals surface area contributed by atoms with Crippen molar-refractivity contribution in [1.29, 1.82) is 0 Å². The third kappa shape index (κ3) is 3.62. The van der Waals surface area contributed by atoms with Crippen LogP contribution in [0.5, 0.6) is 0 Å². The van der Waals surface area contributed by atoms with Crippen molar-refractivity contribution in [3.05, 3.63) is 41.6 Å². The van der Waals surface area contributed by atoms with Crippen molar-refractivity contribution in [2.45, 2.75) is 51.1 Å². The van der Waals surface area contributed by atoms with Crippen molar-refractivity contribution in [1.82, 2.24) is 15.5 Å². The molecule has 1 atom stereocenters. The van der Waals surface area contributed by atoms with Crippen LogP contribution in [0.1, 0.15) is 54.4 Å². The summed E-state index contributed by atoms with van der Waals surface area (Å²) in [7, 11) is 0. The van der Waals surface area contributed by atoms with E-state index in [0.717, 1.165) is 48.2 Å². The third-order valence-electron chi connectivity index (χ3n) is 7.57. The molecule has 1 aromatic rings. The monoisotopic (exact) mass is 408 g/mol. The largest absolute Gasteiger partial charge is 0.372 e. The highest BCUT2D eigenvalue weighted by Gasteiger charge is 2.38. The molecule has 0 radical (unpaired) electrons. The molecule has 4 aliphatic heterocycles. The second kappa shape index (κ2) is 8.06. The van der Waals surface area contributed by atoms with Crippen LogP contribution in [0.15, 0.2) is 30.5 Å². The Balaban J connectivity index is 1.25. The van der Waals surface area contributed by atoms with Crippen LogP contribution in [0.4, 0.5) is 5.69 Å². The van der Waals surface area contributed by atoms with Crippen molar-refractivity contribution >= 4 is 17.5 Å². The van der Waals surface area contributed by atoms with Gasteiger partial charge in [-0.25, -0.2) is 0 Å². The Hall–Kier alpha value is -2.34. The number of nitrogens with zero attached hydrogens (tertiary/aromatic N) is 2. The number of allylic oxidation sites excluding steroid dienone is 1. The number of piperidine rings is 3. The number of rotatable bonds is 3. The highest BCUT2D eigenvalue weighted by atomic mass is 16.2. The second-order valence-electron chi connectivity index (χ2n) is 9.33. The fourth-order valence-corrected chi connectivity index (χ4v) is 5.78. The molecular formula is C24H32N4O2. The molecule has 2 amide bonds. The van der Waals surface area contributed by atoms with E-state index in [2.05, 4.69) is 34.2 Å². The Morgan fingerprint density at radius 3 is 2.43 bits per heavy atom. The van der Waals surface area contributed by atoms with Crippen LogP contribution in [0, 0.1) is 11.8 Å². The van der Waals surface area contributed by atoms with E-state index < -0.39 is 0 Å². The first-order chi connectivity index (χ1) is 14.6. The lowest BCUT2D eigenvalue weighted by Crippen LogP contribution is -2.49. The summed E-state index contributed by atoms with van der Waals surface area (Å²) in [5.74, 6) is 1.62. The van der Waals surface area contributed by atoms with E-state index in [1.165, 1.54) is 44.5 Å². The number of carbonyl (C=O) groups is 2. The Bertz CT molecular complexity index is 853. The van der Waals surface area contributed by atoms with Crippen LogP contribution in [-0.4, -0.2) is 48.9 Å². The molecule has 1 aromatic carbocycles. The maximum atomic E-state index is 12.9. The third-order valence-corrected chi connectivity index (χ3v) is 7.57. The van der Waals surface area contributed by atoms with Crippen LogP contribution in [0.25, 0.3) is 0 Å². The Morgan fingerprint density at radius 1 is 0.967 bits per heavy atom. The number of nitrogens with one attached hydrogen (secondary N) is 2. The van der Waals surface area contributed by atoms with Gasteiger partial charge in [-0.05, 0) is 87.2 Å². The summed E-state index contributed by atoms with van der Waals surface area (Å²) in [6.07, 6.45) is 6.56. The van der Waals surface area contributed by atoms with Gasteiger partial charge in [-0.3, -0.25) is 9.59 Å². The van der Waals surface area contributed by atoms with Gasteiger partial charge in [-0.1, -0.05) is 6.58 Å². The van der Waals surface area contributed by atoms with Gasteiger partial charge in [0.1, 0.15) is 6.04 Å². The lowest BCUT2D eigenvalue weighted by molar-refractivity contribution is -0.126. The Morgan fingerprint density at radius 2 is 1.70 bits per heavy atom. The predicted molar refractivity (Wildman–Crippen MR) is 117 cm³/mol. The summed E-state index contributed by atoms with van der Waals surface area (Å²) in [6, 6.07) is 5.84. The highest BCUT2D eigenvalue weighted by Crippen LogP contribution is 2.35. The molecule has 0 bridgehead atoms. The predicted octanol–water partition coefficient (Wildman–Crippen LogP) is 2.65. The van der Waals surface area contributed by atoms with Crippen molar-refractivity contribution < 1.29 is 9.59 Å². The molecule has 4 heterocycles. The van der Waals surface area contributed by atoms with Crippen LogP contribution < -0.4 is 15.5 Å². The molecular weight excluding hydrogens is 376 g/mol. The number of hydrogen-bond acceptors (Lipinski definition) is 4. The second-order valence-corrected chi connectivity index (χ2v) is 9.33. The van der Waals surface area contributed by atoms with Gasteiger partial charge in [0.25, 0.3) is 5.91 Å². The normalized spacial score (nSPS) is 26.1. The number of fused-ring (bicyclic) bond motifs is 1. The van der Waals surface area contributed by atoms with E-state index in [4.69, 9.17) is 0 Å². The lowest BCUT2D eigenvalue weighted by atomic mass is 9.79. The average Bonchev–Trinajstić information content (AvgIpc) is 3.10. The molecule has 4 aliphatic rings. The van der Waals surface area contributed by atoms with Crippen molar-refractivity contribution in [3.8, 4) is 0 Å². The summed E-state index contributed by atoms with van der Waals surface area (Å²) in [4.78, 5) is 29.5. The summed E-state index contributed by atoms with van der Waals surface area (Å²) in [5.41, 5.74) is 3.76.